The van der Waals surface area contributed by atoms with Crippen molar-refractivity contribution in [2.45, 2.75) is 64.7 Å². The van der Waals surface area contributed by atoms with Crippen LogP contribution >= 0.6 is 0 Å². The largest absolute Gasteiger partial charge is 0.416 e. The fraction of sp³-hybridized carbons (Fsp3) is 0.370. The number of aromatic nitrogens is 2. The van der Waals surface area contributed by atoms with Gasteiger partial charge in [0, 0.05) is 23.1 Å². The summed E-state index contributed by atoms with van der Waals surface area (Å²) < 4.78 is 68.3. The lowest BCUT2D eigenvalue weighted by Crippen LogP contribution is -2.42. The van der Waals surface area contributed by atoms with Crippen molar-refractivity contribution >= 4 is 17.6 Å². The molecule has 204 valence electrons. The molecule has 2 amide bonds. The highest BCUT2D eigenvalue weighted by molar-refractivity contribution is 6.00. The van der Waals surface area contributed by atoms with Gasteiger partial charge in [0.2, 0.25) is 5.91 Å². The second-order valence-corrected chi connectivity index (χ2v) is 10.5. The molecule has 0 fully saturated rings. The van der Waals surface area contributed by atoms with E-state index in [2.05, 4.69) is 15.7 Å². The van der Waals surface area contributed by atoms with Crippen LogP contribution in [0.25, 0.3) is 0 Å². The predicted molar refractivity (Wildman–Crippen MR) is 133 cm³/mol. The van der Waals surface area contributed by atoms with Crippen LogP contribution in [0.5, 0.6) is 0 Å². The minimum Gasteiger partial charge on any atom is -0.341 e. The van der Waals surface area contributed by atoms with E-state index >= 15 is 0 Å². The van der Waals surface area contributed by atoms with Crippen LogP contribution in [0.4, 0.5) is 27.8 Å². The van der Waals surface area contributed by atoms with E-state index in [9.17, 15) is 31.5 Å². The molecule has 2 aromatic carbocycles. The number of anilines is 1. The molecular weight excluding hydrogens is 507 g/mol. The molecular formula is C27H29F5N4O2. The average molecular weight is 537 g/mol. The van der Waals surface area contributed by atoms with Crippen LogP contribution in [-0.4, -0.2) is 27.6 Å². The van der Waals surface area contributed by atoms with Crippen LogP contribution in [0.3, 0.4) is 0 Å². The van der Waals surface area contributed by atoms with E-state index < -0.39 is 52.2 Å². The van der Waals surface area contributed by atoms with E-state index in [0.29, 0.717) is 17.3 Å². The Morgan fingerprint density at radius 3 is 2.05 bits per heavy atom. The van der Waals surface area contributed by atoms with Crippen molar-refractivity contribution in [1.82, 2.24) is 15.1 Å². The topological polar surface area (TPSA) is 76.0 Å². The summed E-state index contributed by atoms with van der Waals surface area (Å²) in [6.45, 7) is 10.4. The smallest absolute Gasteiger partial charge is 0.341 e. The van der Waals surface area contributed by atoms with E-state index in [1.807, 2.05) is 20.8 Å². The SMILES string of the molecule is CC(NC(=O)c1cccc(C(F)(F)F)c1)C(=O)Nc1cc(C(C)(C)c2cc(F)cc(F)c2)nn1C(C)(C)C. The van der Waals surface area contributed by atoms with Gasteiger partial charge in [0.1, 0.15) is 23.5 Å². The third-order valence-electron chi connectivity index (χ3n) is 6.01. The molecule has 1 atom stereocenters. The van der Waals surface area contributed by atoms with Crippen LogP contribution in [0.1, 0.15) is 68.7 Å². The molecule has 38 heavy (non-hydrogen) atoms. The maximum atomic E-state index is 13.9. The number of hydrogen-bond acceptors (Lipinski definition) is 3. The Morgan fingerprint density at radius 1 is 0.895 bits per heavy atom. The van der Waals surface area contributed by atoms with E-state index in [0.717, 1.165) is 18.2 Å². The highest BCUT2D eigenvalue weighted by atomic mass is 19.4. The second kappa shape index (κ2) is 10.2. The minimum absolute atomic E-state index is 0.245. The number of amides is 2. The number of nitrogens with one attached hydrogen (secondary N) is 2. The van der Waals surface area contributed by atoms with Crippen molar-refractivity contribution in [3.8, 4) is 0 Å². The van der Waals surface area contributed by atoms with Crippen LogP contribution in [-0.2, 0) is 21.9 Å². The zero-order chi connectivity index (χ0) is 28.6. The lowest BCUT2D eigenvalue weighted by molar-refractivity contribution is -0.137. The molecule has 0 saturated heterocycles. The first kappa shape index (κ1) is 28.8. The van der Waals surface area contributed by atoms with Crippen LogP contribution in [0.15, 0.2) is 48.5 Å². The fourth-order valence-corrected chi connectivity index (χ4v) is 3.77. The lowest BCUT2D eigenvalue weighted by Gasteiger charge is -2.25. The van der Waals surface area contributed by atoms with Crippen molar-refractivity contribution in [3.63, 3.8) is 0 Å². The first-order chi connectivity index (χ1) is 17.4. The first-order valence-corrected chi connectivity index (χ1v) is 11.8. The molecule has 1 heterocycles. The molecule has 0 bridgehead atoms. The lowest BCUT2D eigenvalue weighted by atomic mass is 9.81. The molecule has 0 saturated carbocycles. The van der Waals surface area contributed by atoms with Gasteiger partial charge < -0.3 is 10.6 Å². The molecule has 3 rings (SSSR count). The number of alkyl halides is 3. The molecule has 0 radical (unpaired) electrons. The van der Waals surface area contributed by atoms with Gasteiger partial charge in [-0.1, -0.05) is 19.9 Å². The van der Waals surface area contributed by atoms with Gasteiger partial charge in [-0.05, 0) is 63.6 Å². The Bertz CT molecular complexity index is 1340. The first-order valence-electron chi connectivity index (χ1n) is 11.8. The third-order valence-corrected chi connectivity index (χ3v) is 6.01. The van der Waals surface area contributed by atoms with E-state index in [4.69, 9.17) is 0 Å². The maximum Gasteiger partial charge on any atom is 0.416 e. The molecule has 0 spiro atoms. The molecule has 0 aliphatic heterocycles. The number of hydrogen-bond donors (Lipinski definition) is 2. The summed E-state index contributed by atoms with van der Waals surface area (Å²) in [6, 6.07) is 7.53. The Morgan fingerprint density at radius 2 is 1.50 bits per heavy atom. The van der Waals surface area contributed by atoms with E-state index in [1.165, 1.54) is 25.1 Å². The number of carbonyl (C=O) groups is 2. The highest BCUT2D eigenvalue weighted by Crippen LogP contribution is 2.35. The van der Waals surface area contributed by atoms with Gasteiger partial charge in [-0.3, -0.25) is 9.59 Å². The number of nitrogens with zero attached hydrogens (tertiary/aromatic N) is 2. The monoisotopic (exact) mass is 536 g/mol. The molecule has 1 aromatic heterocycles. The highest BCUT2D eigenvalue weighted by Gasteiger charge is 2.33. The van der Waals surface area contributed by atoms with E-state index in [1.54, 1.807) is 24.6 Å². The van der Waals surface area contributed by atoms with Crippen molar-refractivity contribution in [3.05, 3.63) is 82.5 Å². The van der Waals surface area contributed by atoms with Crippen LogP contribution < -0.4 is 10.6 Å². The zero-order valence-corrected chi connectivity index (χ0v) is 21.8. The summed E-state index contributed by atoms with van der Waals surface area (Å²) in [5.41, 5.74) is -2.02. The predicted octanol–water partition coefficient (Wildman–Crippen LogP) is 6.02. The molecule has 2 N–H and O–H groups in total. The van der Waals surface area contributed by atoms with Gasteiger partial charge >= 0.3 is 6.18 Å². The molecule has 6 nitrogen and oxygen atoms in total. The summed E-state index contributed by atoms with van der Waals surface area (Å²) in [6.07, 6.45) is -4.62. The summed E-state index contributed by atoms with van der Waals surface area (Å²) in [7, 11) is 0. The van der Waals surface area contributed by atoms with Gasteiger partial charge in [-0.25, -0.2) is 13.5 Å². The van der Waals surface area contributed by atoms with Crippen LogP contribution in [0.2, 0.25) is 0 Å². The van der Waals surface area contributed by atoms with Gasteiger partial charge in [0.15, 0.2) is 0 Å². The third kappa shape index (κ3) is 6.38. The summed E-state index contributed by atoms with van der Waals surface area (Å²) in [4.78, 5) is 25.5. The minimum atomic E-state index is -4.62. The van der Waals surface area contributed by atoms with Gasteiger partial charge in [-0.15, -0.1) is 0 Å². The van der Waals surface area contributed by atoms with Crippen molar-refractivity contribution in [2.24, 2.45) is 0 Å². The zero-order valence-electron chi connectivity index (χ0n) is 21.8. The maximum absolute atomic E-state index is 13.9. The molecule has 0 aliphatic carbocycles. The Hall–Kier alpha value is -3.76. The van der Waals surface area contributed by atoms with Crippen LogP contribution in [0, 0.1) is 11.6 Å². The number of carbonyl (C=O) groups excluding carboxylic acids is 2. The van der Waals surface area contributed by atoms with Crippen molar-refractivity contribution < 1.29 is 31.5 Å². The standard InChI is InChI=1S/C27H29F5N4O2/c1-15(33-24(38)16-8-7-9-17(10-16)27(30,31)32)23(37)34-22-14-21(35-36(22)25(2,3)4)26(5,6)18-11-19(28)13-20(29)12-18/h7-15H,1-6H3,(H,33,38)(H,34,37). The summed E-state index contributed by atoms with van der Waals surface area (Å²) >= 11 is 0. The molecule has 1 unspecified atom stereocenters. The molecule has 3 aromatic rings. The van der Waals surface area contributed by atoms with Gasteiger partial charge in [0.05, 0.1) is 16.8 Å². The number of halogens is 5. The summed E-state index contributed by atoms with van der Waals surface area (Å²) in [5, 5.41) is 9.70. The molecule has 0 aliphatic rings. The van der Waals surface area contributed by atoms with Gasteiger partial charge in [0.25, 0.3) is 5.91 Å². The van der Waals surface area contributed by atoms with Crippen molar-refractivity contribution in [2.75, 3.05) is 5.32 Å². The Kier molecular flexibility index (Phi) is 7.72. The van der Waals surface area contributed by atoms with Crippen molar-refractivity contribution in [1.29, 1.82) is 0 Å². The summed E-state index contributed by atoms with van der Waals surface area (Å²) in [5.74, 6) is -2.69. The Balaban J connectivity index is 1.85. The second-order valence-electron chi connectivity index (χ2n) is 10.5. The average Bonchev–Trinajstić information content (AvgIpc) is 3.23. The number of benzene rings is 2. The quantitative estimate of drug-likeness (QED) is 0.379. The Labute approximate surface area is 217 Å². The van der Waals surface area contributed by atoms with Gasteiger partial charge in [-0.2, -0.15) is 18.3 Å². The normalized spacial score (nSPS) is 13.2. The number of rotatable bonds is 6. The van der Waals surface area contributed by atoms with E-state index in [-0.39, 0.29) is 11.4 Å². The molecule has 11 heteroatoms. The fourth-order valence-electron chi connectivity index (χ4n) is 3.77.